The quantitative estimate of drug-likeness (QED) is 0.352. The number of nitrogens with two attached hydrogens (primary N) is 1. The molecule has 0 radical (unpaired) electrons. The van der Waals surface area contributed by atoms with Crippen LogP contribution in [-0.4, -0.2) is 4.21 Å². The monoisotopic (exact) mass is 113 g/mol. The summed E-state index contributed by atoms with van der Waals surface area (Å²) in [5.41, 5.74) is 0. The molecule has 0 rings (SSSR count). The third-order valence-corrected chi connectivity index (χ3v) is 0.661. The van der Waals surface area contributed by atoms with Crippen LogP contribution in [0, 0.1) is 0 Å². The van der Waals surface area contributed by atoms with Gasteiger partial charge in [0.05, 0.1) is 0 Å². The van der Waals surface area contributed by atoms with Crippen LogP contribution >= 0.6 is 12.9 Å². The van der Waals surface area contributed by atoms with Crippen LogP contribution in [0.3, 0.4) is 0 Å². The summed E-state index contributed by atoms with van der Waals surface area (Å²) in [5, 5.41) is 4.47. The Morgan fingerprint density at radius 1 is 2.00 bits per heavy atom. The molecule has 0 aromatic heterocycles. The van der Waals surface area contributed by atoms with Crippen LogP contribution in [0.1, 0.15) is 0 Å². The Bertz CT molecular complexity index is 42.9. The lowest BCUT2D eigenvalue weighted by Gasteiger charge is -1.76. The van der Waals surface area contributed by atoms with Crippen LogP contribution in [0.4, 0.5) is 0 Å². The molecule has 0 saturated carbocycles. The minimum absolute atomic E-state index is 1.71. The highest BCUT2D eigenvalue weighted by atomic mass is 32.2. The highest BCUT2D eigenvalue weighted by Crippen LogP contribution is 1.74. The van der Waals surface area contributed by atoms with Crippen molar-refractivity contribution < 1.29 is 7.84 Å². The lowest BCUT2D eigenvalue weighted by atomic mass is 13.9. The van der Waals surface area contributed by atoms with Gasteiger partial charge in [-0.2, -0.15) is 0 Å². The summed E-state index contributed by atoms with van der Waals surface area (Å²) < 4.78 is 13.1. The molecule has 2 N–H and O–H groups in total. The lowest BCUT2D eigenvalue weighted by Crippen LogP contribution is -1.99. The Labute approximate surface area is 37.9 Å². The predicted octanol–water partition coefficient (Wildman–Crippen LogP) is -0.615. The highest BCUT2D eigenvalue weighted by Gasteiger charge is 1.74. The summed E-state index contributed by atoms with van der Waals surface area (Å²) in [6, 6.07) is 0. The van der Waals surface area contributed by atoms with Gasteiger partial charge in [0.15, 0.2) is 0 Å². The number of rotatable bonds is 1. The third kappa shape index (κ3) is 4.42. The second-order valence-corrected chi connectivity index (χ2v) is 1.45. The minimum Gasteiger partial charge on any atom is -0.227 e. The molecule has 5 heteroatoms. The largest absolute Gasteiger partial charge is 0.243 e. The molecule has 0 aliphatic carbocycles. The van der Waals surface area contributed by atoms with Crippen LogP contribution in [0.15, 0.2) is 0 Å². The average Bonchev–Trinajstić information content (AvgIpc) is 1.38. The molecule has 0 aliphatic rings. The molecule has 1 atom stereocenters. The molecule has 0 unspecified atom stereocenters. The van der Waals surface area contributed by atoms with Crippen molar-refractivity contribution in [2.75, 3.05) is 0 Å². The molecule has 0 aromatic carbocycles. The molecule has 0 heterocycles. The van der Waals surface area contributed by atoms with Gasteiger partial charge in [0, 0.05) is 0 Å². The van der Waals surface area contributed by atoms with E-state index in [4.69, 9.17) is 0 Å². The van der Waals surface area contributed by atoms with Gasteiger partial charge < -0.3 is 0 Å². The zero-order valence-corrected chi connectivity index (χ0v) is 3.96. The predicted molar refractivity (Wildman–Crippen MR) is 22.4 cm³/mol. The van der Waals surface area contributed by atoms with E-state index in [1.165, 1.54) is 0 Å². The van der Waals surface area contributed by atoms with Crippen molar-refractivity contribution in [3.8, 4) is 0 Å². The van der Waals surface area contributed by atoms with E-state index < -0.39 is 11.3 Å². The van der Waals surface area contributed by atoms with Gasteiger partial charge >= 0.3 is 0 Å². The number of thiol groups is 1. The molecular formula is H3NO2S2. The van der Waals surface area contributed by atoms with E-state index in [2.05, 4.69) is 21.7 Å². The fourth-order valence-electron chi connectivity index (χ4n) is 0. The zero-order chi connectivity index (χ0) is 4.28. The molecule has 5 heavy (non-hydrogen) atoms. The van der Waals surface area contributed by atoms with E-state index in [1.807, 2.05) is 0 Å². The second-order valence-electron chi connectivity index (χ2n) is 0.335. The zero-order valence-electron chi connectivity index (χ0n) is 2.25. The van der Waals surface area contributed by atoms with Crippen molar-refractivity contribution >= 4 is 24.2 Å². The first-order chi connectivity index (χ1) is 2.27. The first kappa shape index (κ1) is 5.42. The standard InChI is InChI=1S/H3NO2S2/c1-5(2)3-4/h4H,1H2/t5-/m1/s1. The summed E-state index contributed by atoms with van der Waals surface area (Å²) in [5.74, 6) is 0. The molecule has 0 saturated heterocycles. The third-order valence-electron chi connectivity index (χ3n) is 0.0735. The molecule has 32 valence electrons. The topological polar surface area (TPSA) is 52.3 Å². The van der Waals surface area contributed by atoms with Gasteiger partial charge in [-0.25, -0.2) is 13.0 Å². The molecule has 0 spiro atoms. The Balaban J connectivity index is 2.85. The lowest BCUT2D eigenvalue weighted by molar-refractivity contribution is 0.616. The van der Waals surface area contributed by atoms with Crippen LogP contribution in [0.5, 0.6) is 0 Å². The summed E-state index contributed by atoms with van der Waals surface area (Å²) in [6.45, 7) is 0. The van der Waals surface area contributed by atoms with Gasteiger partial charge in [0.1, 0.15) is 0 Å². The summed E-state index contributed by atoms with van der Waals surface area (Å²) in [4.78, 5) is 0. The SMILES string of the molecule is N[S@](=O)OS. The molecule has 0 fully saturated rings. The van der Waals surface area contributed by atoms with Gasteiger partial charge in [-0.3, -0.25) is 0 Å². The van der Waals surface area contributed by atoms with Crippen molar-refractivity contribution in [3.05, 3.63) is 0 Å². The van der Waals surface area contributed by atoms with Crippen LogP contribution < -0.4 is 5.14 Å². The maximum atomic E-state index is 9.40. The maximum Gasteiger partial charge on any atom is 0.243 e. The van der Waals surface area contributed by atoms with Crippen molar-refractivity contribution in [1.29, 1.82) is 0 Å². The van der Waals surface area contributed by atoms with Gasteiger partial charge in [-0.05, 0) is 12.9 Å². The Hall–Kier alpha value is 0.420. The first-order valence-electron chi connectivity index (χ1n) is 0.752. The second kappa shape index (κ2) is 2.65. The van der Waals surface area contributed by atoms with E-state index in [0.29, 0.717) is 0 Å². The summed E-state index contributed by atoms with van der Waals surface area (Å²) in [7, 11) is 0. The van der Waals surface area contributed by atoms with Crippen LogP contribution in [-0.2, 0) is 14.9 Å². The Morgan fingerprint density at radius 2 is 2.20 bits per heavy atom. The number of hydrogen-bond acceptors (Lipinski definition) is 3. The summed E-state index contributed by atoms with van der Waals surface area (Å²) >= 11 is 1.38. The fourth-order valence-corrected chi connectivity index (χ4v) is 0. The van der Waals surface area contributed by atoms with Crippen LogP contribution in [0.25, 0.3) is 0 Å². The van der Waals surface area contributed by atoms with E-state index in [1.54, 1.807) is 0 Å². The van der Waals surface area contributed by atoms with Crippen molar-refractivity contribution in [3.63, 3.8) is 0 Å². The van der Waals surface area contributed by atoms with E-state index >= 15 is 0 Å². The first-order valence-corrected chi connectivity index (χ1v) is 2.25. The van der Waals surface area contributed by atoms with Gasteiger partial charge in [-0.1, -0.05) is 0 Å². The summed E-state index contributed by atoms with van der Waals surface area (Å²) in [6.07, 6.45) is 0. The van der Waals surface area contributed by atoms with Crippen molar-refractivity contribution in [2.24, 2.45) is 5.14 Å². The molecule has 0 bridgehead atoms. The highest BCUT2D eigenvalue weighted by molar-refractivity contribution is 7.90. The van der Waals surface area contributed by atoms with Gasteiger partial charge in [-0.15, -0.1) is 0 Å². The van der Waals surface area contributed by atoms with Gasteiger partial charge in [0.25, 0.3) is 0 Å². The molecule has 0 aromatic rings. The molecule has 3 nitrogen and oxygen atoms in total. The van der Waals surface area contributed by atoms with E-state index in [0.717, 1.165) is 0 Å². The minimum atomic E-state index is -1.71. The Kier molecular flexibility index (Phi) is 2.87. The number of hydrogen-bond donors (Lipinski definition) is 2. The van der Waals surface area contributed by atoms with Crippen molar-refractivity contribution in [1.82, 2.24) is 0 Å². The van der Waals surface area contributed by atoms with E-state index in [-0.39, 0.29) is 0 Å². The van der Waals surface area contributed by atoms with Crippen LogP contribution in [0.2, 0.25) is 0 Å². The Morgan fingerprint density at radius 3 is 2.20 bits per heavy atom. The maximum absolute atomic E-state index is 9.40. The normalized spacial score (nSPS) is 14.8. The van der Waals surface area contributed by atoms with Crippen molar-refractivity contribution in [2.45, 2.75) is 0 Å². The average molecular weight is 113 g/mol. The smallest absolute Gasteiger partial charge is 0.227 e. The molecule has 0 amide bonds. The fraction of sp³-hybridized carbons (Fsp3) is 0. The molecule has 0 aliphatic heterocycles. The van der Waals surface area contributed by atoms with Gasteiger partial charge in [0.2, 0.25) is 11.3 Å². The molecular weight excluding hydrogens is 110 g/mol. The van der Waals surface area contributed by atoms with E-state index in [9.17, 15) is 4.21 Å².